The number of benzene rings is 3. The number of carbonyl (C=O) groups excluding carboxylic acids is 1. The van der Waals surface area contributed by atoms with Crippen LogP contribution in [-0.2, 0) is 21.7 Å². The van der Waals surface area contributed by atoms with Crippen LogP contribution in [-0.4, -0.2) is 67.3 Å². The van der Waals surface area contributed by atoms with Gasteiger partial charge in [-0.2, -0.15) is 0 Å². The van der Waals surface area contributed by atoms with Crippen LogP contribution >= 0.6 is 0 Å². The predicted molar refractivity (Wildman–Crippen MR) is 132 cm³/mol. The van der Waals surface area contributed by atoms with E-state index in [4.69, 9.17) is 9.47 Å². The molecule has 1 aliphatic heterocycles. The number of piperazine rings is 1. The second kappa shape index (κ2) is 11.3. The lowest BCUT2D eigenvalue weighted by molar-refractivity contribution is -0.162. The summed E-state index contributed by atoms with van der Waals surface area (Å²) >= 11 is 0. The molecule has 0 spiro atoms. The molecule has 3 aromatic carbocycles. The Balaban J connectivity index is 1.28. The number of carbonyl (C=O) groups is 1. The van der Waals surface area contributed by atoms with Crippen LogP contribution in [0.2, 0.25) is 0 Å². The van der Waals surface area contributed by atoms with E-state index in [-0.39, 0.29) is 6.61 Å². The topological polar surface area (TPSA) is 62.2 Å². The van der Waals surface area contributed by atoms with Gasteiger partial charge in [0.15, 0.2) is 0 Å². The average molecular weight is 461 g/mol. The molecule has 178 valence electrons. The highest BCUT2D eigenvalue weighted by atomic mass is 16.5. The molecule has 0 amide bonds. The number of esters is 1. The van der Waals surface area contributed by atoms with Gasteiger partial charge in [0.1, 0.15) is 12.4 Å². The quantitative estimate of drug-likeness (QED) is 0.495. The highest BCUT2D eigenvalue weighted by molar-refractivity contribution is 5.85. The SMILES string of the molecule is COc1ccc(CN2CCN(CCOC(=O)C(O)(c3ccccc3)c3ccccc3)CC2)cc1. The zero-order valence-electron chi connectivity index (χ0n) is 19.6. The summed E-state index contributed by atoms with van der Waals surface area (Å²) in [5.74, 6) is 0.220. The molecule has 6 heteroatoms. The Hall–Kier alpha value is -3.19. The third-order valence-electron chi connectivity index (χ3n) is 6.35. The lowest BCUT2D eigenvalue weighted by atomic mass is 9.86. The molecule has 1 N–H and O–H groups in total. The van der Waals surface area contributed by atoms with Gasteiger partial charge in [-0.05, 0) is 28.8 Å². The Labute approximate surface area is 201 Å². The van der Waals surface area contributed by atoms with Crippen LogP contribution in [0.15, 0.2) is 84.9 Å². The number of ether oxygens (including phenoxy) is 2. The Morgan fingerprint density at radius 1 is 0.824 bits per heavy atom. The highest BCUT2D eigenvalue weighted by Crippen LogP contribution is 2.31. The van der Waals surface area contributed by atoms with Crippen molar-refractivity contribution in [3.8, 4) is 5.75 Å². The first-order valence-electron chi connectivity index (χ1n) is 11.7. The maximum atomic E-state index is 13.1. The number of hydrogen-bond acceptors (Lipinski definition) is 6. The summed E-state index contributed by atoms with van der Waals surface area (Å²) < 4.78 is 10.8. The van der Waals surface area contributed by atoms with Crippen molar-refractivity contribution in [2.75, 3.05) is 46.4 Å². The number of aliphatic hydroxyl groups is 1. The second-order valence-corrected chi connectivity index (χ2v) is 8.54. The van der Waals surface area contributed by atoms with Crippen molar-refractivity contribution in [1.82, 2.24) is 9.80 Å². The highest BCUT2D eigenvalue weighted by Gasteiger charge is 2.41. The van der Waals surface area contributed by atoms with Crippen LogP contribution < -0.4 is 4.74 Å². The third kappa shape index (κ3) is 5.65. The molecule has 0 aliphatic carbocycles. The first-order chi connectivity index (χ1) is 16.6. The van der Waals surface area contributed by atoms with E-state index in [1.165, 1.54) is 5.56 Å². The fourth-order valence-electron chi connectivity index (χ4n) is 4.29. The van der Waals surface area contributed by atoms with Crippen molar-refractivity contribution in [2.24, 2.45) is 0 Å². The van der Waals surface area contributed by atoms with Crippen LogP contribution in [0.3, 0.4) is 0 Å². The molecule has 0 aromatic heterocycles. The van der Waals surface area contributed by atoms with E-state index in [1.807, 2.05) is 48.5 Å². The fourth-order valence-corrected chi connectivity index (χ4v) is 4.29. The van der Waals surface area contributed by atoms with Crippen molar-refractivity contribution in [2.45, 2.75) is 12.1 Å². The van der Waals surface area contributed by atoms with E-state index >= 15 is 0 Å². The first kappa shape index (κ1) is 24.0. The van der Waals surface area contributed by atoms with Gasteiger partial charge >= 0.3 is 5.97 Å². The van der Waals surface area contributed by atoms with Crippen molar-refractivity contribution in [3.63, 3.8) is 0 Å². The molecule has 1 aliphatic rings. The molecule has 0 atom stereocenters. The van der Waals surface area contributed by atoms with Crippen molar-refractivity contribution in [3.05, 3.63) is 102 Å². The van der Waals surface area contributed by atoms with E-state index in [1.54, 1.807) is 31.4 Å². The van der Waals surface area contributed by atoms with Crippen molar-refractivity contribution in [1.29, 1.82) is 0 Å². The number of methoxy groups -OCH3 is 1. The fraction of sp³-hybridized carbons (Fsp3) is 0.321. The minimum atomic E-state index is -1.83. The van der Waals surface area contributed by atoms with E-state index < -0.39 is 11.6 Å². The van der Waals surface area contributed by atoms with E-state index in [2.05, 4.69) is 21.9 Å². The molecule has 3 aromatic rings. The van der Waals surface area contributed by atoms with Gasteiger partial charge in [-0.3, -0.25) is 9.80 Å². The van der Waals surface area contributed by atoms with Gasteiger partial charge in [-0.1, -0.05) is 72.8 Å². The van der Waals surface area contributed by atoms with Gasteiger partial charge in [0.05, 0.1) is 7.11 Å². The minimum absolute atomic E-state index is 0.235. The molecule has 0 saturated carbocycles. The number of nitrogens with zero attached hydrogens (tertiary/aromatic N) is 2. The van der Waals surface area contributed by atoms with Gasteiger partial charge in [0.2, 0.25) is 5.60 Å². The Morgan fingerprint density at radius 2 is 1.35 bits per heavy atom. The molecular formula is C28H32N2O4. The zero-order valence-corrected chi connectivity index (χ0v) is 19.6. The van der Waals surface area contributed by atoms with Crippen molar-refractivity contribution >= 4 is 5.97 Å². The van der Waals surface area contributed by atoms with Crippen LogP contribution in [0.25, 0.3) is 0 Å². The molecule has 34 heavy (non-hydrogen) atoms. The van der Waals surface area contributed by atoms with E-state index in [0.717, 1.165) is 38.5 Å². The standard InChI is InChI=1S/C28H32N2O4/c1-33-26-14-12-23(13-15-26)22-30-18-16-29(17-19-30)20-21-34-27(31)28(32,24-8-4-2-5-9-24)25-10-6-3-7-11-25/h2-15,32H,16-22H2,1H3. The lowest BCUT2D eigenvalue weighted by Gasteiger charge is -2.35. The maximum absolute atomic E-state index is 13.1. The van der Waals surface area contributed by atoms with E-state index in [0.29, 0.717) is 17.7 Å². The molecule has 1 heterocycles. The summed E-state index contributed by atoms with van der Waals surface area (Å²) in [4.78, 5) is 17.8. The normalized spacial score (nSPS) is 15.1. The largest absolute Gasteiger partial charge is 0.497 e. The number of rotatable bonds is 9. The Kier molecular flexibility index (Phi) is 7.95. The van der Waals surface area contributed by atoms with Crippen LogP contribution in [0.1, 0.15) is 16.7 Å². The first-order valence-corrected chi connectivity index (χ1v) is 11.7. The lowest BCUT2D eigenvalue weighted by Crippen LogP contribution is -2.47. The average Bonchev–Trinajstić information content (AvgIpc) is 2.90. The summed E-state index contributed by atoms with van der Waals surface area (Å²) in [5, 5.41) is 11.5. The molecule has 0 unspecified atom stereocenters. The molecule has 4 rings (SSSR count). The van der Waals surface area contributed by atoms with Gasteiger partial charge in [0, 0.05) is 39.3 Å². The maximum Gasteiger partial charge on any atom is 0.347 e. The van der Waals surface area contributed by atoms with Crippen molar-refractivity contribution < 1.29 is 19.4 Å². The van der Waals surface area contributed by atoms with Gasteiger partial charge < -0.3 is 14.6 Å². The smallest absolute Gasteiger partial charge is 0.347 e. The molecule has 1 fully saturated rings. The van der Waals surface area contributed by atoms with Crippen LogP contribution in [0, 0.1) is 0 Å². The van der Waals surface area contributed by atoms with Gasteiger partial charge in [-0.15, -0.1) is 0 Å². The number of hydrogen-bond donors (Lipinski definition) is 1. The molecule has 1 saturated heterocycles. The van der Waals surface area contributed by atoms with Crippen LogP contribution in [0.5, 0.6) is 5.75 Å². The summed E-state index contributed by atoms with van der Waals surface area (Å²) in [6, 6.07) is 26.1. The van der Waals surface area contributed by atoms with Gasteiger partial charge in [-0.25, -0.2) is 4.79 Å². The second-order valence-electron chi connectivity index (χ2n) is 8.54. The summed E-state index contributed by atoms with van der Waals surface area (Å²) in [6.07, 6.45) is 0. The minimum Gasteiger partial charge on any atom is -0.497 e. The van der Waals surface area contributed by atoms with Crippen LogP contribution in [0.4, 0.5) is 0 Å². The van der Waals surface area contributed by atoms with E-state index in [9.17, 15) is 9.90 Å². The Morgan fingerprint density at radius 3 is 1.88 bits per heavy atom. The summed E-state index contributed by atoms with van der Waals surface area (Å²) in [7, 11) is 1.68. The Bertz CT molecular complexity index is 994. The summed E-state index contributed by atoms with van der Waals surface area (Å²) in [6.45, 7) is 5.52. The molecular weight excluding hydrogens is 428 g/mol. The molecule has 0 bridgehead atoms. The summed E-state index contributed by atoms with van der Waals surface area (Å²) in [5.41, 5.74) is 0.431. The third-order valence-corrected chi connectivity index (χ3v) is 6.35. The molecule has 0 radical (unpaired) electrons. The molecule has 6 nitrogen and oxygen atoms in total. The van der Waals surface area contributed by atoms with Gasteiger partial charge in [0.25, 0.3) is 0 Å². The predicted octanol–water partition coefficient (Wildman–Crippen LogP) is 3.29. The monoisotopic (exact) mass is 460 g/mol. The zero-order chi connectivity index (χ0) is 23.8.